The van der Waals surface area contributed by atoms with Gasteiger partial charge in [-0.15, -0.1) is 0 Å². The molecule has 0 saturated heterocycles. The van der Waals surface area contributed by atoms with Crippen LogP contribution in [-0.2, 0) is 0 Å². The maximum atomic E-state index is 5.77. The molecular formula is C13H10NO. The van der Waals surface area contributed by atoms with E-state index in [1.54, 1.807) is 0 Å². The van der Waals surface area contributed by atoms with Gasteiger partial charge in [-0.25, -0.2) is 0 Å². The van der Waals surface area contributed by atoms with Crippen LogP contribution < -0.4 is 9.64 Å². The number of hydrogen-bond donors (Lipinski definition) is 0. The Bertz CT molecular complexity index is 462. The summed E-state index contributed by atoms with van der Waals surface area (Å²) in [7, 11) is 2.02. The molecule has 3 rings (SSSR count). The second kappa shape index (κ2) is 3.02. The Kier molecular flexibility index (Phi) is 1.68. The van der Waals surface area contributed by atoms with Crippen molar-refractivity contribution in [2.24, 2.45) is 0 Å². The number of anilines is 2. The SMILES string of the molecule is CN1c2[c]cccc2Oc2ccccc21. The van der Waals surface area contributed by atoms with Crippen molar-refractivity contribution in [2.75, 3.05) is 11.9 Å². The monoisotopic (exact) mass is 196 g/mol. The van der Waals surface area contributed by atoms with Gasteiger partial charge in [0.05, 0.1) is 11.4 Å². The Labute approximate surface area is 88.7 Å². The van der Waals surface area contributed by atoms with E-state index in [-0.39, 0.29) is 0 Å². The fraction of sp³-hybridized carbons (Fsp3) is 0.0769. The molecule has 0 bridgehead atoms. The number of benzene rings is 2. The molecule has 0 aliphatic carbocycles. The van der Waals surface area contributed by atoms with Gasteiger partial charge in [0.15, 0.2) is 11.5 Å². The van der Waals surface area contributed by atoms with Crippen LogP contribution in [0.4, 0.5) is 11.4 Å². The highest BCUT2D eigenvalue weighted by atomic mass is 16.5. The smallest absolute Gasteiger partial charge is 0.151 e. The summed E-state index contributed by atoms with van der Waals surface area (Å²) in [6, 6.07) is 17.0. The summed E-state index contributed by atoms with van der Waals surface area (Å²) in [6.07, 6.45) is 0. The number of para-hydroxylation sites is 3. The molecule has 2 nitrogen and oxygen atoms in total. The summed E-state index contributed by atoms with van der Waals surface area (Å²) in [5.41, 5.74) is 2.06. The Morgan fingerprint density at radius 2 is 1.87 bits per heavy atom. The molecule has 0 atom stereocenters. The summed E-state index contributed by atoms with van der Waals surface area (Å²) in [6.45, 7) is 0. The van der Waals surface area contributed by atoms with Crippen LogP contribution in [0.2, 0.25) is 0 Å². The van der Waals surface area contributed by atoms with Crippen molar-refractivity contribution in [2.45, 2.75) is 0 Å². The predicted octanol–water partition coefficient (Wildman–Crippen LogP) is 3.36. The van der Waals surface area contributed by atoms with E-state index >= 15 is 0 Å². The normalized spacial score (nSPS) is 12.7. The lowest BCUT2D eigenvalue weighted by atomic mass is 10.2. The first-order chi connectivity index (χ1) is 7.36. The van der Waals surface area contributed by atoms with Gasteiger partial charge in [0.1, 0.15) is 0 Å². The highest BCUT2D eigenvalue weighted by Gasteiger charge is 2.20. The lowest BCUT2D eigenvalue weighted by Crippen LogP contribution is -2.15. The second-order valence-electron chi connectivity index (χ2n) is 3.51. The molecule has 0 aromatic heterocycles. The number of rotatable bonds is 0. The summed E-state index contributed by atoms with van der Waals surface area (Å²) in [5.74, 6) is 1.76. The van der Waals surface area contributed by atoms with E-state index in [4.69, 9.17) is 4.74 Å². The van der Waals surface area contributed by atoms with E-state index in [1.165, 1.54) is 0 Å². The minimum absolute atomic E-state index is 0.860. The first-order valence-electron chi connectivity index (χ1n) is 4.87. The summed E-state index contributed by atoms with van der Waals surface area (Å²) in [4.78, 5) is 2.09. The van der Waals surface area contributed by atoms with Gasteiger partial charge >= 0.3 is 0 Å². The molecule has 1 radical (unpaired) electrons. The maximum Gasteiger partial charge on any atom is 0.151 e. The molecule has 2 heteroatoms. The summed E-state index contributed by atoms with van der Waals surface area (Å²) >= 11 is 0. The van der Waals surface area contributed by atoms with E-state index in [0.29, 0.717) is 0 Å². The number of fused-ring (bicyclic) bond motifs is 2. The molecule has 1 aliphatic rings. The van der Waals surface area contributed by atoms with Gasteiger partial charge < -0.3 is 9.64 Å². The van der Waals surface area contributed by atoms with Crippen LogP contribution in [0.25, 0.3) is 0 Å². The van der Waals surface area contributed by atoms with E-state index in [9.17, 15) is 0 Å². The minimum Gasteiger partial charge on any atom is -0.453 e. The molecule has 0 spiro atoms. The Morgan fingerprint density at radius 3 is 2.80 bits per heavy atom. The summed E-state index contributed by atoms with van der Waals surface area (Å²) in [5, 5.41) is 0. The Morgan fingerprint density at radius 1 is 1.07 bits per heavy atom. The quantitative estimate of drug-likeness (QED) is 0.640. The number of ether oxygens (including phenoxy) is 1. The van der Waals surface area contributed by atoms with Gasteiger partial charge in [-0.2, -0.15) is 0 Å². The highest BCUT2D eigenvalue weighted by molar-refractivity contribution is 5.76. The van der Waals surface area contributed by atoms with Crippen LogP contribution in [0.15, 0.2) is 42.5 Å². The zero-order chi connectivity index (χ0) is 10.3. The van der Waals surface area contributed by atoms with E-state index in [1.807, 2.05) is 49.5 Å². The third kappa shape index (κ3) is 1.18. The molecule has 1 heterocycles. The van der Waals surface area contributed by atoms with Gasteiger partial charge in [0.25, 0.3) is 0 Å². The van der Waals surface area contributed by atoms with Crippen molar-refractivity contribution in [3.63, 3.8) is 0 Å². The van der Waals surface area contributed by atoms with Crippen molar-refractivity contribution in [3.05, 3.63) is 48.5 Å². The Balaban J connectivity index is 2.20. The molecule has 0 N–H and O–H groups in total. The molecule has 73 valence electrons. The van der Waals surface area contributed by atoms with E-state index in [0.717, 1.165) is 22.9 Å². The molecule has 1 aliphatic heterocycles. The van der Waals surface area contributed by atoms with Crippen molar-refractivity contribution >= 4 is 11.4 Å². The van der Waals surface area contributed by atoms with Gasteiger partial charge in [-0.3, -0.25) is 0 Å². The molecule has 0 unspecified atom stereocenters. The molecule has 0 fully saturated rings. The molecule has 0 saturated carbocycles. The number of hydrogen-bond acceptors (Lipinski definition) is 2. The lowest BCUT2D eigenvalue weighted by molar-refractivity contribution is 0.475. The molecular weight excluding hydrogens is 186 g/mol. The zero-order valence-electron chi connectivity index (χ0n) is 8.40. The van der Waals surface area contributed by atoms with Crippen molar-refractivity contribution in [1.29, 1.82) is 0 Å². The van der Waals surface area contributed by atoms with Crippen molar-refractivity contribution < 1.29 is 4.74 Å². The molecule has 0 amide bonds. The molecule has 2 aromatic carbocycles. The van der Waals surface area contributed by atoms with Crippen LogP contribution in [-0.4, -0.2) is 7.05 Å². The van der Waals surface area contributed by atoms with Gasteiger partial charge in [-0.1, -0.05) is 24.3 Å². The average molecular weight is 196 g/mol. The first kappa shape index (κ1) is 8.36. The van der Waals surface area contributed by atoms with E-state index < -0.39 is 0 Å². The fourth-order valence-corrected chi connectivity index (χ4v) is 1.82. The Hall–Kier alpha value is -1.96. The minimum atomic E-state index is 0.860. The highest BCUT2D eigenvalue weighted by Crippen LogP contribution is 2.44. The topological polar surface area (TPSA) is 12.5 Å². The van der Waals surface area contributed by atoms with Crippen LogP contribution in [0.1, 0.15) is 0 Å². The maximum absolute atomic E-state index is 5.77. The lowest BCUT2D eigenvalue weighted by Gasteiger charge is -2.28. The third-order valence-electron chi connectivity index (χ3n) is 2.58. The zero-order valence-corrected chi connectivity index (χ0v) is 8.40. The standard InChI is InChI=1S/C13H10NO/c1-14-10-6-2-4-8-12(10)15-13-9-5-3-7-11(13)14/h2-6,8-9H,1H3. The fourth-order valence-electron chi connectivity index (χ4n) is 1.82. The molecule has 2 aromatic rings. The summed E-state index contributed by atoms with van der Waals surface area (Å²) < 4.78 is 5.77. The largest absolute Gasteiger partial charge is 0.453 e. The average Bonchev–Trinajstić information content (AvgIpc) is 2.30. The van der Waals surface area contributed by atoms with Crippen LogP contribution >= 0.6 is 0 Å². The van der Waals surface area contributed by atoms with Gasteiger partial charge in [0.2, 0.25) is 0 Å². The van der Waals surface area contributed by atoms with Gasteiger partial charge in [0, 0.05) is 13.1 Å². The van der Waals surface area contributed by atoms with Gasteiger partial charge in [-0.05, 0) is 18.2 Å². The second-order valence-corrected chi connectivity index (χ2v) is 3.51. The first-order valence-corrected chi connectivity index (χ1v) is 4.87. The molecule has 15 heavy (non-hydrogen) atoms. The van der Waals surface area contributed by atoms with Crippen molar-refractivity contribution in [3.8, 4) is 11.5 Å². The predicted molar refractivity (Wildman–Crippen MR) is 59.9 cm³/mol. The number of nitrogens with zero attached hydrogens (tertiary/aromatic N) is 1. The van der Waals surface area contributed by atoms with Crippen LogP contribution in [0.5, 0.6) is 11.5 Å². The van der Waals surface area contributed by atoms with Crippen LogP contribution in [0.3, 0.4) is 0 Å². The van der Waals surface area contributed by atoms with Crippen LogP contribution in [0, 0.1) is 6.07 Å². The van der Waals surface area contributed by atoms with E-state index in [2.05, 4.69) is 11.0 Å². The third-order valence-corrected chi connectivity index (χ3v) is 2.58. The van der Waals surface area contributed by atoms with Crippen molar-refractivity contribution in [1.82, 2.24) is 0 Å².